The van der Waals surface area contributed by atoms with Crippen molar-refractivity contribution in [2.24, 2.45) is 5.92 Å². The third-order valence-electron chi connectivity index (χ3n) is 5.16. The van der Waals surface area contributed by atoms with Gasteiger partial charge in [-0.2, -0.15) is 0 Å². The standard InChI is InChI=1S/C23H24N4O2S/c1-15-4-3-5-20(16(15)2)27-13-12-24-23(27)30-14-21(28)25-18-8-10-19(11-9-18)26-22(29)17-6-7-17/h3-5,8-13,17H,6-7,14H2,1-2H3,(H,25,28)(H,26,29). The Bertz CT molecular complexity index is 1070. The summed E-state index contributed by atoms with van der Waals surface area (Å²) in [5.74, 6) is 0.382. The number of nitrogens with zero attached hydrogens (tertiary/aromatic N) is 2. The van der Waals surface area contributed by atoms with Crippen LogP contribution >= 0.6 is 11.8 Å². The van der Waals surface area contributed by atoms with Crippen LogP contribution in [0.2, 0.25) is 0 Å². The van der Waals surface area contributed by atoms with Gasteiger partial charge in [0.05, 0.1) is 11.4 Å². The number of aryl methyl sites for hydroxylation is 1. The zero-order chi connectivity index (χ0) is 21.1. The predicted molar refractivity (Wildman–Crippen MR) is 120 cm³/mol. The highest BCUT2D eigenvalue weighted by atomic mass is 32.2. The van der Waals surface area contributed by atoms with Crippen molar-refractivity contribution in [3.05, 3.63) is 66.0 Å². The van der Waals surface area contributed by atoms with Crippen molar-refractivity contribution >= 4 is 35.0 Å². The molecular weight excluding hydrogens is 396 g/mol. The van der Waals surface area contributed by atoms with Gasteiger partial charge in [0, 0.05) is 29.7 Å². The van der Waals surface area contributed by atoms with Crippen LogP contribution in [0, 0.1) is 19.8 Å². The monoisotopic (exact) mass is 420 g/mol. The first-order valence-corrected chi connectivity index (χ1v) is 10.9. The van der Waals surface area contributed by atoms with Crippen molar-refractivity contribution in [2.75, 3.05) is 16.4 Å². The van der Waals surface area contributed by atoms with Crippen molar-refractivity contribution in [3.8, 4) is 5.69 Å². The lowest BCUT2D eigenvalue weighted by molar-refractivity contribution is -0.117. The second kappa shape index (κ2) is 8.75. The zero-order valence-electron chi connectivity index (χ0n) is 17.0. The maximum Gasteiger partial charge on any atom is 0.234 e. The molecule has 0 radical (unpaired) electrons. The molecule has 1 fully saturated rings. The molecule has 30 heavy (non-hydrogen) atoms. The quantitative estimate of drug-likeness (QED) is 0.549. The minimum absolute atomic E-state index is 0.0718. The van der Waals surface area contributed by atoms with Gasteiger partial charge in [-0.15, -0.1) is 0 Å². The molecule has 1 aliphatic rings. The Morgan fingerprint density at radius 3 is 2.47 bits per heavy atom. The van der Waals surface area contributed by atoms with Crippen molar-refractivity contribution in [1.82, 2.24) is 9.55 Å². The van der Waals surface area contributed by atoms with Crippen molar-refractivity contribution < 1.29 is 9.59 Å². The molecule has 2 aromatic carbocycles. The van der Waals surface area contributed by atoms with Crippen LogP contribution < -0.4 is 10.6 Å². The summed E-state index contributed by atoms with van der Waals surface area (Å²) in [4.78, 5) is 28.6. The first-order valence-electron chi connectivity index (χ1n) is 9.95. The molecule has 0 spiro atoms. The second-order valence-corrected chi connectivity index (χ2v) is 8.42. The topological polar surface area (TPSA) is 76.0 Å². The number of amides is 2. The number of benzene rings is 2. The molecule has 0 aliphatic heterocycles. The summed E-state index contributed by atoms with van der Waals surface area (Å²) in [6, 6.07) is 13.3. The molecule has 7 heteroatoms. The van der Waals surface area contributed by atoms with Gasteiger partial charge in [-0.3, -0.25) is 14.2 Å². The molecule has 4 rings (SSSR count). The molecule has 3 aromatic rings. The predicted octanol–water partition coefficient (Wildman–Crippen LogP) is 4.57. The van der Waals surface area contributed by atoms with Crippen molar-refractivity contribution in [2.45, 2.75) is 31.8 Å². The van der Waals surface area contributed by atoms with E-state index in [1.807, 2.05) is 16.8 Å². The molecule has 2 amide bonds. The lowest BCUT2D eigenvalue weighted by Crippen LogP contribution is -2.15. The largest absolute Gasteiger partial charge is 0.326 e. The van der Waals surface area contributed by atoms with E-state index >= 15 is 0 Å². The number of aromatic nitrogens is 2. The third kappa shape index (κ3) is 4.74. The SMILES string of the molecule is Cc1cccc(-n2ccnc2SCC(=O)Nc2ccc(NC(=O)C3CC3)cc2)c1C. The molecule has 1 saturated carbocycles. The number of imidazole rings is 1. The molecule has 1 heterocycles. The van der Waals surface area contributed by atoms with E-state index in [-0.39, 0.29) is 23.5 Å². The average molecular weight is 421 g/mol. The molecule has 1 aliphatic carbocycles. The Labute approximate surface area is 180 Å². The van der Waals surface area contributed by atoms with E-state index in [1.165, 1.54) is 22.9 Å². The summed E-state index contributed by atoms with van der Waals surface area (Å²) in [5.41, 5.74) is 4.92. The van der Waals surface area contributed by atoms with Crippen LogP contribution in [0.3, 0.4) is 0 Å². The molecule has 0 saturated heterocycles. The number of nitrogens with one attached hydrogen (secondary N) is 2. The van der Waals surface area contributed by atoms with Crippen LogP contribution in [-0.2, 0) is 9.59 Å². The smallest absolute Gasteiger partial charge is 0.234 e. The number of anilines is 2. The summed E-state index contributed by atoms with van der Waals surface area (Å²) < 4.78 is 2.01. The number of hydrogen-bond donors (Lipinski definition) is 2. The van der Waals surface area contributed by atoms with E-state index in [1.54, 1.807) is 30.5 Å². The van der Waals surface area contributed by atoms with Crippen LogP contribution in [0.1, 0.15) is 24.0 Å². The van der Waals surface area contributed by atoms with Gasteiger partial charge in [0.1, 0.15) is 0 Å². The van der Waals surface area contributed by atoms with Gasteiger partial charge >= 0.3 is 0 Å². The van der Waals surface area contributed by atoms with Gasteiger partial charge in [0.15, 0.2) is 5.16 Å². The normalized spacial score (nSPS) is 13.1. The number of hydrogen-bond acceptors (Lipinski definition) is 4. The number of rotatable bonds is 7. The Morgan fingerprint density at radius 1 is 1.07 bits per heavy atom. The van der Waals surface area contributed by atoms with Gasteiger partial charge in [0.2, 0.25) is 11.8 Å². The van der Waals surface area contributed by atoms with E-state index in [0.717, 1.165) is 29.4 Å². The van der Waals surface area contributed by atoms with Gasteiger partial charge in [-0.25, -0.2) is 4.98 Å². The highest BCUT2D eigenvalue weighted by Gasteiger charge is 2.29. The molecule has 6 nitrogen and oxygen atoms in total. The Hall–Kier alpha value is -3.06. The summed E-state index contributed by atoms with van der Waals surface area (Å²) in [7, 11) is 0. The first-order chi connectivity index (χ1) is 14.5. The molecule has 2 N–H and O–H groups in total. The summed E-state index contributed by atoms with van der Waals surface area (Å²) in [6.07, 6.45) is 5.60. The zero-order valence-corrected chi connectivity index (χ0v) is 17.8. The lowest BCUT2D eigenvalue weighted by Gasteiger charge is -2.12. The fourth-order valence-electron chi connectivity index (χ4n) is 3.13. The average Bonchev–Trinajstić information content (AvgIpc) is 3.49. The summed E-state index contributed by atoms with van der Waals surface area (Å²) >= 11 is 1.39. The van der Waals surface area contributed by atoms with Crippen molar-refractivity contribution in [1.29, 1.82) is 0 Å². The minimum atomic E-state index is -0.106. The first kappa shape index (κ1) is 20.2. The number of carbonyl (C=O) groups is 2. The van der Waals surface area contributed by atoms with Gasteiger partial charge < -0.3 is 10.6 Å². The van der Waals surface area contributed by atoms with Crippen LogP contribution in [0.15, 0.2) is 60.0 Å². The highest BCUT2D eigenvalue weighted by Crippen LogP contribution is 2.30. The Kier molecular flexibility index (Phi) is 5.90. The molecule has 0 atom stereocenters. The fraction of sp³-hybridized carbons (Fsp3) is 0.261. The molecule has 154 valence electrons. The second-order valence-electron chi connectivity index (χ2n) is 7.48. The van der Waals surface area contributed by atoms with Crippen LogP contribution in [-0.4, -0.2) is 27.1 Å². The Balaban J connectivity index is 1.34. The Morgan fingerprint density at radius 2 is 1.77 bits per heavy atom. The molecular formula is C23H24N4O2S. The van der Waals surface area contributed by atoms with E-state index < -0.39 is 0 Å². The maximum atomic E-state index is 12.4. The van der Waals surface area contributed by atoms with Crippen LogP contribution in [0.25, 0.3) is 5.69 Å². The summed E-state index contributed by atoms with van der Waals surface area (Å²) in [6.45, 7) is 4.17. The van der Waals surface area contributed by atoms with E-state index in [0.29, 0.717) is 5.69 Å². The van der Waals surface area contributed by atoms with Gasteiger partial charge in [-0.05, 0) is 68.1 Å². The van der Waals surface area contributed by atoms with Crippen LogP contribution in [0.5, 0.6) is 0 Å². The summed E-state index contributed by atoms with van der Waals surface area (Å²) in [5, 5.41) is 6.56. The highest BCUT2D eigenvalue weighted by molar-refractivity contribution is 7.99. The molecule has 0 unspecified atom stereocenters. The molecule has 0 bridgehead atoms. The van der Waals surface area contributed by atoms with E-state index in [9.17, 15) is 9.59 Å². The molecule has 1 aromatic heterocycles. The maximum absolute atomic E-state index is 12.4. The number of thioether (sulfide) groups is 1. The third-order valence-corrected chi connectivity index (χ3v) is 6.13. The van der Waals surface area contributed by atoms with Crippen LogP contribution in [0.4, 0.5) is 11.4 Å². The minimum Gasteiger partial charge on any atom is -0.326 e. The van der Waals surface area contributed by atoms with Crippen molar-refractivity contribution in [3.63, 3.8) is 0 Å². The van der Waals surface area contributed by atoms with E-state index in [4.69, 9.17) is 0 Å². The van der Waals surface area contributed by atoms with E-state index in [2.05, 4.69) is 41.6 Å². The lowest BCUT2D eigenvalue weighted by atomic mass is 10.1. The fourth-order valence-corrected chi connectivity index (χ4v) is 3.90. The van der Waals surface area contributed by atoms with Gasteiger partial charge in [-0.1, -0.05) is 23.9 Å². The van der Waals surface area contributed by atoms with Gasteiger partial charge in [0.25, 0.3) is 0 Å². The number of carbonyl (C=O) groups excluding carboxylic acids is 2.